The first-order chi connectivity index (χ1) is 15.0. The molecule has 0 spiro atoms. The Labute approximate surface area is 211 Å². The topological polar surface area (TPSA) is 77.0 Å². The van der Waals surface area contributed by atoms with E-state index in [2.05, 4.69) is 5.32 Å². The summed E-state index contributed by atoms with van der Waals surface area (Å²) in [6.45, 7) is 9.69. The molecular formula is C22H44Cl3NO5Si. The van der Waals surface area contributed by atoms with Crippen molar-refractivity contribution in [3.63, 3.8) is 0 Å². The zero-order valence-electron chi connectivity index (χ0n) is 20.3. The third kappa shape index (κ3) is 14.6. The Morgan fingerprint density at radius 3 is 1.78 bits per heavy atom. The molecule has 0 radical (unpaired) electrons. The number of aliphatic hydroxyl groups is 1. The quantitative estimate of drug-likeness (QED) is 0.110. The molecule has 0 aliphatic heterocycles. The van der Waals surface area contributed by atoms with Crippen LogP contribution in [0.4, 0.5) is 0 Å². The molecule has 0 aromatic rings. The molecule has 0 saturated carbocycles. The molecule has 1 amide bonds. The Bertz CT molecular complexity index is 476. The maximum absolute atomic E-state index is 12.0. The number of rotatable bonds is 20. The van der Waals surface area contributed by atoms with Crippen molar-refractivity contribution < 1.29 is 23.2 Å². The van der Waals surface area contributed by atoms with Crippen LogP contribution in [-0.4, -0.2) is 55.6 Å². The molecule has 6 nitrogen and oxygen atoms in total. The summed E-state index contributed by atoms with van der Waals surface area (Å²) < 4.78 is 15.8. The van der Waals surface area contributed by atoms with Crippen LogP contribution in [0.3, 0.4) is 0 Å². The molecule has 1 unspecified atom stereocenters. The van der Waals surface area contributed by atoms with Crippen LogP contribution >= 0.6 is 34.8 Å². The molecule has 0 aliphatic carbocycles. The van der Waals surface area contributed by atoms with Crippen LogP contribution in [0.1, 0.15) is 91.9 Å². The van der Waals surface area contributed by atoms with E-state index in [1.54, 1.807) is 6.92 Å². The fourth-order valence-electron chi connectivity index (χ4n) is 3.40. The number of halogens is 3. The predicted octanol–water partition coefficient (Wildman–Crippen LogP) is 6.17. The van der Waals surface area contributed by atoms with E-state index in [9.17, 15) is 9.90 Å². The van der Waals surface area contributed by atoms with E-state index >= 15 is 0 Å². The second-order valence-corrected chi connectivity index (χ2v) is 13.2. The third-order valence-corrected chi connectivity index (χ3v) is 9.63. The first-order valence-electron chi connectivity index (χ1n) is 12.0. The number of unbranched alkanes of at least 4 members (excludes halogenated alkanes) is 6. The van der Waals surface area contributed by atoms with Crippen LogP contribution in [0.5, 0.6) is 0 Å². The summed E-state index contributed by atoms with van der Waals surface area (Å²) in [7, 11) is -2.62. The highest BCUT2D eigenvalue weighted by Gasteiger charge is 2.42. The largest absolute Gasteiger partial charge is 0.500 e. The Hall–Kier alpha value is 0.397. The second kappa shape index (κ2) is 17.8. The van der Waals surface area contributed by atoms with Gasteiger partial charge in [0.15, 0.2) is 0 Å². The summed E-state index contributed by atoms with van der Waals surface area (Å²) in [5, 5.41) is 13.1. The highest BCUT2D eigenvalue weighted by molar-refractivity contribution is 6.68. The average Bonchev–Trinajstić information content (AvgIpc) is 2.69. The summed E-state index contributed by atoms with van der Waals surface area (Å²) in [4.78, 5) is 12.0. The SMILES string of the molecule is CCO[Si](CCCNC(=O)CCCCCCCCCC(C)(O)C(Cl)(Cl)Cl)(OCC)OCC. The number of hydrogen-bond acceptors (Lipinski definition) is 5. The van der Waals surface area contributed by atoms with Gasteiger partial charge in [-0.1, -0.05) is 73.3 Å². The number of carbonyl (C=O) groups is 1. The summed E-state index contributed by atoms with van der Waals surface area (Å²) in [5.74, 6) is 0.0930. The van der Waals surface area contributed by atoms with Gasteiger partial charge in [0.2, 0.25) is 9.70 Å². The van der Waals surface area contributed by atoms with Crippen molar-refractivity contribution in [2.24, 2.45) is 0 Å². The van der Waals surface area contributed by atoms with E-state index < -0.39 is 18.2 Å². The normalized spacial score (nSPS) is 14.4. The minimum absolute atomic E-state index is 0.0930. The maximum atomic E-state index is 12.0. The fraction of sp³-hybridized carbons (Fsp3) is 0.955. The molecule has 0 bridgehead atoms. The number of amides is 1. The maximum Gasteiger partial charge on any atom is 0.500 e. The van der Waals surface area contributed by atoms with Crippen molar-refractivity contribution in [2.45, 2.75) is 107 Å². The lowest BCUT2D eigenvalue weighted by Gasteiger charge is -2.30. The minimum atomic E-state index is -2.62. The molecular weight excluding hydrogens is 493 g/mol. The molecule has 2 N–H and O–H groups in total. The van der Waals surface area contributed by atoms with E-state index in [4.69, 9.17) is 48.1 Å². The smallest absolute Gasteiger partial charge is 0.386 e. The van der Waals surface area contributed by atoms with Crippen molar-refractivity contribution in [3.05, 3.63) is 0 Å². The van der Waals surface area contributed by atoms with Gasteiger partial charge in [-0.25, -0.2) is 0 Å². The van der Waals surface area contributed by atoms with Crippen molar-refractivity contribution in [3.8, 4) is 0 Å². The van der Waals surface area contributed by atoms with Gasteiger partial charge >= 0.3 is 8.80 Å². The average molecular weight is 537 g/mol. The van der Waals surface area contributed by atoms with Gasteiger partial charge in [-0.05, 0) is 47.0 Å². The molecule has 0 heterocycles. The zero-order valence-corrected chi connectivity index (χ0v) is 23.6. The zero-order chi connectivity index (χ0) is 24.5. The van der Waals surface area contributed by atoms with Crippen molar-refractivity contribution in [1.29, 1.82) is 0 Å². The fourth-order valence-corrected chi connectivity index (χ4v) is 6.30. The molecule has 32 heavy (non-hydrogen) atoms. The highest BCUT2D eigenvalue weighted by Crippen LogP contribution is 2.40. The van der Waals surface area contributed by atoms with Gasteiger partial charge in [-0.2, -0.15) is 0 Å². The molecule has 192 valence electrons. The number of alkyl halides is 3. The molecule has 0 aromatic carbocycles. The highest BCUT2D eigenvalue weighted by atomic mass is 35.6. The van der Waals surface area contributed by atoms with E-state index in [-0.39, 0.29) is 5.91 Å². The summed E-state index contributed by atoms with van der Waals surface area (Å²) in [6, 6.07) is 0.708. The van der Waals surface area contributed by atoms with Gasteiger partial charge in [0.1, 0.15) is 5.60 Å². The third-order valence-electron chi connectivity index (χ3n) is 5.25. The van der Waals surface area contributed by atoms with Crippen LogP contribution < -0.4 is 5.32 Å². The van der Waals surface area contributed by atoms with E-state index in [0.717, 1.165) is 51.4 Å². The monoisotopic (exact) mass is 535 g/mol. The lowest BCUT2D eigenvalue weighted by molar-refractivity contribution is -0.121. The standard InChI is InChI=1S/C22H44Cl3NO5Si/c1-5-29-32(30-6-2,31-7-3)19-15-18-26-20(27)16-13-11-9-8-10-12-14-17-21(4,28)22(23,24)25/h28H,5-19H2,1-4H3,(H,26,27). The van der Waals surface area contributed by atoms with Gasteiger partial charge < -0.3 is 23.7 Å². The predicted molar refractivity (Wildman–Crippen MR) is 136 cm³/mol. The first kappa shape index (κ1) is 32.4. The number of nitrogens with one attached hydrogen (secondary N) is 1. The molecule has 0 saturated heterocycles. The summed E-state index contributed by atoms with van der Waals surface area (Å²) in [5.41, 5.74) is -1.30. The number of carbonyl (C=O) groups excluding carboxylic acids is 1. The lowest BCUT2D eigenvalue weighted by Crippen LogP contribution is -2.46. The first-order valence-corrected chi connectivity index (χ1v) is 15.1. The van der Waals surface area contributed by atoms with E-state index in [1.807, 2.05) is 20.8 Å². The molecule has 0 aliphatic rings. The molecule has 0 aromatic heterocycles. The van der Waals surface area contributed by atoms with Crippen molar-refractivity contribution >= 4 is 49.5 Å². The van der Waals surface area contributed by atoms with Crippen molar-refractivity contribution in [2.75, 3.05) is 26.4 Å². The molecule has 10 heteroatoms. The van der Waals surface area contributed by atoms with Crippen molar-refractivity contribution in [1.82, 2.24) is 5.32 Å². The summed E-state index contributed by atoms with van der Waals surface area (Å²) >= 11 is 17.3. The van der Waals surface area contributed by atoms with Gasteiger partial charge in [0, 0.05) is 38.8 Å². The van der Waals surface area contributed by atoms with Crippen LogP contribution in [0.25, 0.3) is 0 Å². The Kier molecular flexibility index (Phi) is 18.0. The van der Waals surface area contributed by atoms with Crippen LogP contribution in [0.15, 0.2) is 0 Å². The minimum Gasteiger partial charge on any atom is -0.386 e. The Balaban J connectivity index is 3.80. The number of hydrogen-bond donors (Lipinski definition) is 2. The molecule has 1 atom stereocenters. The summed E-state index contributed by atoms with van der Waals surface area (Å²) in [6.07, 6.45) is 8.82. The molecule has 0 rings (SSSR count). The van der Waals surface area contributed by atoms with Gasteiger partial charge in [-0.3, -0.25) is 4.79 Å². The Morgan fingerprint density at radius 1 is 0.844 bits per heavy atom. The van der Waals surface area contributed by atoms with Crippen LogP contribution in [-0.2, 0) is 18.1 Å². The Morgan fingerprint density at radius 2 is 1.31 bits per heavy atom. The molecule has 0 fully saturated rings. The van der Waals surface area contributed by atoms with Crippen LogP contribution in [0.2, 0.25) is 6.04 Å². The lowest BCUT2D eigenvalue weighted by atomic mass is 9.99. The van der Waals surface area contributed by atoms with Crippen LogP contribution in [0, 0.1) is 0 Å². The van der Waals surface area contributed by atoms with Gasteiger partial charge in [0.05, 0.1) is 0 Å². The van der Waals surface area contributed by atoms with Gasteiger partial charge in [0.25, 0.3) is 0 Å². The van der Waals surface area contributed by atoms with E-state index in [0.29, 0.717) is 45.3 Å². The van der Waals surface area contributed by atoms with Gasteiger partial charge in [-0.15, -0.1) is 0 Å². The van der Waals surface area contributed by atoms with E-state index in [1.165, 1.54) is 0 Å². The second-order valence-electron chi connectivity index (χ2n) is 8.18.